The molecule has 0 fully saturated rings. The van der Waals surface area contributed by atoms with Crippen molar-refractivity contribution in [1.82, 2.24) is 0 Å². The Morgan fingerprint density at radius 1 is 1.08 bits per heavy atom. The molecule has 1 aliphatic rings. The summed E-state index contributed by atoms with van der Waals surface area (Å²) < 4.78 is 10.5. The third-order valence-electron chi connectivity index (χ3n) is 4.48. The van der Waals surface area contributed by atoms with Crippen molar-refractivity contribution in [1.29, 1.82) is 0 Å². The molecule has 0 spiro atoms. The van der Waals surface area contributed by atoms with Gasteiger partial charge in [-0.3, -0.25) is 9.59 Å². The molecule has 0 saturated heterocycles. The highest BCUT2D eigenvalue weighted by Gasteiger charge is 2.24. The third kappa shape index (κ3) is 3.35. The van der Waals surface area contributed by atoms with Crippen LogP contribution >= 0.6 is 0 Å². The molecule has 0 bridgehead atoms. The van der Waals surface area contributed by atoms with Gasteiger partial charge in [0.15, 0.2) is 11.5 Å². The highest BCUT2D eigenvalue weighted by molar-refractivity contribution is 6.05. The van der Waals surface area contributed by atoms with E-state index in [0.29, 0.717) is 35.7 Å². The highest BCUT2D eigenvalue weighted by Crippen LogP contribution is 2.31. The Morgan fingerprint density at radius 3 is 2.54 bits per heavy atom. The van der Waals surface area contributed by atoms with Gasteiger partial charge >= 0.3 is 0 Å². The molecule has 2 amide bonds. The van der Waals surface area contributed by atoms with Crippen LogP contribution in [0.2, 0.25) is 0 Å². The Kier molecular flexibility index (Phi) is 5.11. The maximum absolute atomic E-state index is 12.6. The maximum atomic E-state index is 12.6. The van der Waals surface area contributed by atoms with Gasteiger partial charge in [-0.15, -0.1) is 0 Å². The van der Waals surface area contributed by atoms with Crippen LogP contribution in [0, 0.1) is 0 Å². The van der Waals surface area contributed by atoms with Crippen molar-refractivity contribution in [2.45, 2.75) is 19.8 Å². The first-order valence-electron chi connectivity index (χ1n) is 8.54. The molecule has 2 aromatic rings. The Bertz CT molecular complexity index is 848. The third-order valence-corrected chi connectivity index (χ3v) is 4.48. The van der Waals surface area contributed by atoms with Gasteiger partial charge in [0.25, 0.3) is 5.91 Å². The number of rotatable bonds is 5. The van der Waals surface area contributed by atoms with E-state index < -0.39 is 0 Å². The van der Waals surface area contributed by atoms with Crippen LogP contribution < -0.4 is 19.7 Å². The Labute approximate surface area is 152 Å². The molecule has 6 nitrogen and oxygen atoms in total. The quantitative estimate of drug-likeness (QED) is 0.895. The summed E-state index contributed by atoms with van der Waals surface area (Å²) in [5.74, 6) is 1.04. The number of hydrogen-bond acceptors (Lipinski definition) is 4. The number of carbonyl (C=O) groups is 2. The lowest BCUT2D eigenvalue weighted by atomic mass is 10.1. The van der Waals surface area contributed by atoms with Gasteiger partial charge in [-0.25, -0.2) is 0 Å². The minimum Gasteiger partial charge on any atom is -0.493 e. The van der Waals surface area contributed by atoms with E-state index in [1.54, 1.807) is 43.4 Å². The number of fused-ring (bicyclic) bond motifs is 1. The van der Waals surface area contributed by atoms with Crippen LogP contribution in [-0.2, 0) is 11.2 Å². The first-order valence-corrected chi connectivity index (χ1v) is 8.54. The molecule has 0 aromatic heterocycles. The summed E-state index contributed by atoms with van der Waals surface area (Å²) in [6, 6.07) is 10.7. The molecule has 136 valence electrons. The number of ether oxygens (including phenoxy) is 2. The monoisotopic (exact) mass is 354 g/mol. The molecule has 1 N–H and O–H groups in total. The van der Waals surface area contributed by atoms with Gasteiger partial charge in [-0.1, -0.05) is 6.92 Å². The van der Waals surface area contributed by atoms with Crippen molar-refractivity contribution in [2.75, 3.05) is 31.0 Å². The second-order valence-corrected chi connectivity index (χ2v) is 6.02. The summed E-state index contributed by atoms with van der Waals surface area (Å²) in [6.07, 6.45) is 1.24. The van der Waals surface area contributed by atoms with E-state index in [-0.39, 0.29) is 11.8 Å². The number of carbonyl (C=O) groups excluding carboxylic acids is 2. The van der Waals surface area contributed by atoms with Crippen molar-refractivity contribution in [3.63, 3.8) is 0 Å². The number of nitrogens with one attached hydrogen (secondary N) is 1. The molecule has 3 rings (SSSR count). The molecular formula is C20H22N2O4. The summed E-state index contributed by atoms with van der Waals surface area (Å²) in [5.41, 5.74) is 3.10. The van der Waals surface area contributed by atoms with Crippen molar-refractivity contribution in [3.8, 4) is 11.5 Å². The zero-order chi connectivity index (χ0) is 18.7. The number of methoxy groups -OCH3 is 2. The smallest absolute Gasteiger partial charge is 0.255 e. The molecule has 6 heteroatoms. The molecule has 26 heavy (non-hydrogen) atoms. The van der Waals surface area contributed by atoms with Crippen LogP contribution in [0.25, 0.3) is 0 Å². The zero-order valence-electron chi connectivity index (χ0n) is 15.2. The summed E-state index contributed by atoms with van der Waals surface area (Å²) >= 11 is 0. The van der Waals surface area contributed by atoms with E-state index in [4.69, 9.17) is 9.47 Å². The minimum atomic E-state index is -0.208. The maximum Gasteiger partial charge on any atom is 0.255 e. The van der Waals surface area contributed by atoms with E-state index in [1.165, 1.54) is 0 Å². The van der Waals surface area contributed by atoms with Crippen molar-refractivity contribution >= 4 is 23.2 Å². The SMILES string of the molecule is CCC(=O)N1CCc2cc(C(=O)Nc3ccc(OC)c(OC)c3)ccc21. The zero-order valence-corrected chi connectivity index (χ0v) is 15.2. The van der Waals surface area contributed by atoms with Gasteiger partial charge in [0.2, 0.25) is 5.91 Å². The fraction of sp³-hybridized carbons (Fsp3) is 0.300. The lowest BCUT2D eigenvalue weighted by molar-refractivity contribution is -0.118. The average Bonchev–Trinajstić information content (AvgIpc) is 3.10. The van der Waals surface area contributed by atoms with Crippen LogP contribution in [0.1, 0.15) is 29.3 Å². The first-order chi connectivity index (χ1) is 12.6. The lowest BCUT2D eigenvalue weighted by Gasteiger charge is -2.16. The van der Waals surface area contributed by atoms with Crippen molar-refractivity contribution < 1.29 is 19.1 Å². The number of hydrogen-bond donors (Lipinski definition) is 1. The van der Waals surface area contributed by atoms with Crippen LogP contribution in [-0.4, -0.2) is 32.6 Å². The van der Waals surface area contributed by atoms with E-state index in [2.05, 4.69) is 5.32 Å². The van der Waals surface area contributed by atoms with Gasteiger partial charge < -0.3 is 19.7 Å². The van der Waals surface area contributed by atoms with E-state index >= 15 is 0 Å². The summed E-state index contributed by atoms with van der Waals surface area (Å²) in [5, 5.41) is 2.87. The molecule has 0 atom stereocenters. The topological polar surface area (TPSA) is 67.9 Å². The van der Waals surface area contributed by atoms with Crippen LogP contribution in [0.15, 0.2) is 36.4 Å². The minimum absolute atomic E-state index is 0.103. The summed E-state index contributed by atoms with van der Waals surface area (Å²) in [7, 11) is 3.11. The molecular weight excluding hydrogens is 332 g/mol. The van der Waals surface area contributed by atoms with Gasteiger partial charge in [-0.05, 0) is 42.3 Å². The standard InChI is InChI=1S/C20H22N2O4/c1-4-19(23)22-10-9-13-11-14(5-7-16(13)22)20(24)21-15-6-8-17(25-2)18(12-15)26-3/h5-8,11-12H,4,9-10H2,1-3H3,(H,21,24). The van der Waals surface area contributed by atoms with Crippen LogP contribution in [0.3, 0.4) is 0 Å². The van der Waals surface area contributed by atoms with Gasteiger partial charge in [0.1, 0.15) is 0 Å². The predicted octanol–water partition coefficient (Wildman–Crippen LogP) is 3.26. The largest absolute Gasteiger partial charge is 0.493 e. The highest BCUT2D eigenvalue weighted by atomic mass is 16.5. The number of amides is 2. The lowest BCUT2D eigenvalue weighted by Crippen LogP contribution is -2.27. The predicted molar refractivity (Wildman–Crippen MR) is 100 cm³/mol. The van der Waals surface area contributed by atoms with Gasteiger partial charge in [-0.2, -0.15) is 0 Å². The van der Waals surface area contributed by atoms with E-state index in [0.717, 1.165) is 17.7 Å². The average molecular weight is 354 g/mol. The number of benzene rings is 2. The van der Waals surface area contributed by atoms with Crippen LogP contribution in [0.5, 0.6) is 11.5 Å². The number of nitrogens with zero attached hydrogens (tertiary/aromatic N) is 1. The van der Waals surface area contributed by atoms with E-state index in [1.807, 2.05) is 19.1 Å². The molecule has 0 aliphatic carbocycles. The molecule has 1 heterocycles. The normalized spacial score (nSPS) is 12.5. The molecule has 0 radical (unpaired) electrons. The Morgan fingerprint density at radius 2 is 1.85 bits per heavy atom. The second-order valence-electron chi connectivity index (χ2n) is 6.02. The van der Waals surface area contributed by atoms with E-state index in [9.17, 15) is 9.59 Å². The van der Waals surface area contributed by atoms with Gasteiger partial charge in [0.05, 0.1) is 14.2 Å². The Hall–Kier alpha value is -3.02. The fourth-order valence-electron chi connectivity index (χ4n) is 3.11. The summed E-state index contributed by atoms with van der Waals surface area (Å²) in [6.45, 7) is 2.52. The molecule has 0 saturated carbocycles. The van der Waals surface area contributed by atoms with Gasteiger partial charge in [0, 0.05) is 36.0 Å². The Balaban J connectivity index is 1.78. The molecule has 0 unspecified atom stereocenters. The van der Waals surface area contributed by atoms with Crippen LogP contribution in [0.4, 0.5) is 11.4 Å². The fourth-order valence-corrected chi connectivity index (χ4v) is 3.11. The molecule has 2 aromatic carbocycles. The molecule has 1 aliphatic heterocycles. The number of anilines is 2. The summed E-state index contributed by atoms with van der Waals surface area (Å²) in [4.78, 5) is 26.3. The van der Waals surface area contributed by atoms with Crippen molar-refractivity contribution in [3.05, 3.63) is 47.5 Å². The first kappa shape index (κ1) is 17.8. The second kappa shape index (κ2) is 7.47. The van der Waals surface area contributed by atoms with Crippen molar-refractivity contribution in [2.24, 2.45) is 0 Å².